The molecule has 0 unspecified atom stereocenters. The zero-order valence-electron chi connectivity index (χ0n) is 17.0. The average molecular weight is 427 g/mol. The van der Waals surface area contributed by atoms with Gasteiger partial charge in [0.15, 0.2) is 11.0 Å². The molecule has 1 aromatic carbocycles. The number of carbonyl (C=O) groups is 1. The summed E-state index contributed by atoms with van der Waals surface area (Å²) >= 11 is 1.38. The number of carbonyl (C=O) groups excluding carboxylic acids is 1. The Morgan fingerprint density at radius 3 is 2.73 bits per heavy atom. The lowest BCUT2D eigenvalue weighted by Crippen LogP contribution is -2.24. The average Bonchev–Trinajstić information content (AvgIpc) is 3.53. The van der Waals surface area contributed by atoms with E-state index in [4.69, 9.17) is 9.15 Å². The third-order valence-corrected chi connectivity index (χ3v) is 6.09. The summed E-state index contributed by atoms with van der Waals surface area (Å²) in [5, 5.41) is 12.2. The minimum absolute atomic E-state index is 0.0722. The van der Waals surface area contributed by atoms with E-state index < -0.39 is 0 Å². The van der Waals surface area contributed by atoms with E-state index >= 15 is 0 Å². The first-order valence-corrected chi connectivity index (χ1v) is 11.3. The molecule has 1 aliphatic carbocycles. The Hall–Kier alpha value is -2.74. The smallest absolute Gasteiger partial charge is 0.230 e. The first-order chi connectivity index (χ1) is 14.7. The number of hydrogen-bond acceptors (Lipinski definition) is 6. The molecule has 2 heterocycles. The maximum absolute atomic E-state index is 12.1. The molecule has 0 spiro atoms. The van der Waals surface area contributed by atoms with Crippen LogP contribution in [0.5, 0.6) is 5.75 Å². The number of rotatable bonds is 9. The van der Waals surface area contributed by atoms with Crippen molar-refractivity contribution < 1.29 is 13.9 Å². The van der Waals surface area contributed by atoms with Crippen LogP contribution in [0.25, 0.3) is 11.4 Å². The summed E-state index contributed by atoms with van der Waals surface area (Å²) in [4.78, 5) is 12.1. The number of aromatic nitrogens is 3. The van der Waals surface area contributed by atoms with E-state index in [0.717, 1.165) is 47.4 Å². The first-order valence-electron chi connectivity index (χ1n) is 10.3. The quantitative estimate of drug-likeness (QED) is 0.514. The molecule has 0 aliphatic heterocycles. The summed E-state index contributed by atoms with van der Waals surface area (Å²) in [6, 6.07) is 11.7. The molecule has 7 nitrogen and oxygen atoms in total. The summed E-state index contributed by atoms with van der Waals surface area (Å²) in [5.41, 5.74) is 0.984. The largest absolute Gasteiger partial charge is 0.490 e. The number of nitrogens with one attached hydrogen (secondary N) is 1. The monoisotopic (exact) mass is 426 g/mol. The van der Waals surface area contributed by atoms with Crippen LogP contribution in [0.4, 0.5) is 0 Å². The summed E-state index contributed by atoms with van der Waals surface area (Å²) in [6.45, 7) is 3.15. The Kier molecular flexibility index (Phi) is 6.74. The van der Waals surface area contributed by atoms with Crippen molar-refractivity contribution in [1.82, 2.24) is 20.1 Å². The van der Waals surface area contributed by atoms with Gasteiger partial charge in [-0.05, 0) is 69.0 Å². The Balaban J connectivity index is 1.36. The van der Waals surface area contributed by atoms with Gasteiger partial charge in [-0.3, -0.25) is 4.79 Å². The highest BCUT2D eigenvalue weighted by atomic mass is 32.2. The Morgan fingerprint density at radius 2 is 2.03 bits per heavy atom. The number of furan rings is 1. The molecule has 0 saturated heterocycles. The molecule has 1 fully saturated rings. The molecule has 1 amide bonds. The minimum atomic E-state index is -0.0722. The van der Waals surface area contributed by atoms with Crippen molar-refractivity contribution in [3.05, 3.63) is 48.4 Å². The molecule has 30 heavy (non-hydrogen) atoms. The SMILES string of the molecule is CCn1c(SCC(=O)NCc2ccco2)nnc1-c1ccc(OC2CCCC2)cc1. The van der Waals surface area contributed by atoms with E-state index in [-0.39, 0.29) is 11.7 Å². The highest BCUT2D eigenvalue weighted by Crippen LogP contribution is 2.28. The number of hydrogen-bond donors (Lipinski definition) is 1. The topological polar surface area (TPSA) is 82.2 Å². The highest BCUT2D eigenvalue weighted by molar-refractivity contribution is 7.99. The lowest BCUT2D eigenvalue weighted by atomic mass is 10.2. The molecule has 0 atom stereocenters. The van der Waals surface area contributed by atoms with Crippen LogP contribution in [0.1, 0.15) is 38.4 Å². The second-order valence-electron chi connectivity index (χ2n) is 7.24. The van der Waals surface area contributed by atoms with E-state index in [1.807, 2.05) is 41.8 Å². The van der Waals surface area contributed by atoms with E-state index in [9.17, 15) is 4.79 Å². The van der Waals surface area contributed by atoms with Gasteiger partial charge in [0.25, 0.3) is 0 Å². The van der Waals surface area contributed by atoms with Crippen LogP contribution in [-0.2, 0) is 17.9 Å². The number of nitrogens with zero attached hydrogens (tertiary/aromatic N) is 3. The van der Waals surface area contributed by atoms with Crippen molar-refractivity contribution in [3.63, 3.8) is 0 Å². The first kappa shape index (κ1) is 20.5. The van der Waals surface area contributed by atoms with Crippen molar-refractivity contribution in [2.24, 2.45) is 0 Å². The highest BCUT2D eigenvalue weighted by Gasteiger charge is 2.17. The molecule has 1 aliphatic rings. The third kappa shape index (κ3) is 5.05. The molecule has 1 saturated carbocycles. The van der Waals surface area contributed by atoms with Crippen molar-refractivity contribution in [2.75, 3.05) is 5.75 Å². The molecular weight excluding hydrogens is 400 g/mol. The van der Waals surface area contributed by atoms with E-state index in [2.05, 4.69) is 15.5 Å². The molecular formula is C22H26N4O3S. The van der Waals surface area contributed by atoms with Gasteiger partial charge in [0.05, 0.1) is 24.7 Å². The second-order valence-corrected chi connectivity index (χ2v) is 8.19. The summed E-state index contributed by atoms with van der Waals surface area (Å²) < 4.78 is 13.3. The van der Waals surface area contributed by atoms with Crippen molar-refractivity contribution in [3.8, 4) is 17.1 Å². The number of ether oxygens (including phenoxy) is 1. The van der Waals surface area contributed by atoms with Crippen LogP contribution in [0.15, 0.2) is 52.2 Å². The fourth-order valence-corrected chi connectivity index (χ4v) is 4.39. The predicted octanol–water partition coefficient (Wildman–Crippen LogP) is 4.29. The normalized spacial score (nSPS) is 14.2. The zero-order chi connectivity index (χ0) is 20.8. The molecule has 1 N–H and O–H groups in total. The van der Waals surface area contributed by atoms with Gasteiger partial charge in [-0.1, -0.05) is 11.8 Å². The van der Waals surface area contributed by atoms with Crippen LogP contribution in [-0.4, -0.2) is 32.5 Å². The summed E-state index contributed by atoms with van der Waals surface area (Å²) in [5.74, 6) is 2.62. The number of thioether (sulfide) groups is 1. The minimum Gasteiger partial charge on any atom is -0.490 e. The molecule has 158 valence electrons. The van der Waals surface area contributed by atoms with Gasteiger partial charge in [0.2, 0.25) is 5.91 Å². The van der Waals surface area contributed by atoms with Crippen LogP contribution in [0.2, 0.25) is 0 Å². The molecule has 0 radical (unpaired) electrons. The number of benzene rings is 1. The fourth-order valence-electron chi connectivity index (χ4n) is 3.56. The molecule has 2 aromatic heterocycles. The standard InChI is InChI=1S/C22H26N4O3S/c1-2-26-21(16-9-11-18(12-10-16)29-17-6-3-4-7-17)24-25-22(26)30-15-20(27)23-14-19-8-5-13-28-19/h5,8-13,17H,2-4,6-7,14-15H2,1H3,(H,23,27). The van der Waals surface area contributed by atoms with E-state index in [0.29, 0.717) is 12.6 Å². The molecule has 4 rings (SSSR count). The van der Waals surface area contributed by atoms with Crippen LogP contribution in [0, 0.1) is 0 Å². The Labute approximate surface area is 180 Å². The van der Waals surface area contributed by atoms with Crippen molar-refractivity contribution in [1.29, 1.82) is 0 Å². The predicted molar refractivity (Wildman–Crippen MR) is 115 cm³/mol. The second kappa shape index (κ2) is 9.84. The van der Waals surface area contributed by atoms with Gasteiger partial charge in [-0.15, -0.1) is 10.2 Å². The van der Waals surface area contributed by atoms with Gasteiger partial charge in [-0.2, -0.15) is 0 Å². The van der Waals surface area contributed by atoms with Gasteiger partial charge < -0.3 is 19.0 Å². The zero-order valence-corrected chi connectivity index (χ0v) is 17.9. The van der Waals surface area contributed by atoms with Gasteiger partial charge in [-0.25, -0.2) is 0 Å². The maximum Gasteiger partial charge on any atom is 0.230 e. The molecule has 8 heteroatoms. The molecule has 3 aromatic rings. The number of amides is 1. The van der Waals surface area contributed by atoms with Gasteiger partial charge in [0, 0.05) is 12.1 Å². The molecule has 0 bridgehead atoms. The van der Waals surface area contributed by atoms with E-state index in [1.165, 1.54) is 24.6 Å². The summed E-state index contributed by atoms with van der Waals surface area (Å²) in [7, 11) is 0. The Bertz CT molecular complexity index is 947. The van der Waals surface area contributed by atoms with Crippen LogP contribution in [0.3, 0.4) is 0 Å². The van der Waals surface area contributed by atoms with E-state index in [1.54, 1.807) is 12.3 Å². The summed E-state index contributed by atoms with van der Waals surface area (Å²) in [6.07, 6.45) is 6.72. The lowest BCUT2D eigenvalue weighted by molar-refractivity contribution is -0.118. The lowest BCUT2D eigenvalue weighted by Gasteiger charge is -2.13. The van der Waals surface area contributed by atoms with Crippen molar-refractivity contribution >= 4 is 17.7 Å². The maximum atomic E-state index is 12.1. The Morgan fingerprint density at radius 1 is 1.23 bits per heavy atom. The fraction of sp³-hybridized carbons (Fsp3) is 0.409. The van der Waals surface area contributed by atoms with Crippen LogP contribution < -0.4 is 10.1 Å². The van der Waals surface area contributed by atoms with Crippen LogP contribution >= 0.6 is 11.8 Å². The third-order valence-electron chi connectivity index (χ3n) is 5.12. The van der Waals surface area contributed by atoms with Gasteiger partial charge >= 0.3 is 0 Å². The van der Waals surface area contributed by atoms with Crippen molar-refractivity contribution in [2.45, 2.75) is 57.0 Å². The van der Waals surface area contributed by atoms with Gasteiger partial charge in [0.1, 0.15) is 11.5 Å².